The molecule has 0 spiro atoms. The topological polar surface area (TPSA) is 24.5 Å². The Kier molecular flexibility index (Phi) is 3.73. The fraction of sp³-hybridized carbons (Fsp3) is 0.600. The normalized spacial score (nSPS) is 26.8. The molecule has 0 radical (unpaired) electrons. The summed E-state index contributed by atoms with van der Waals surface area (Å²) < 4.78 is 41.0. The number of hydrogen-bond acceptors (Lipinski definition) is 3. The minimum absolute atomic E-state index is 0.159. The van der Waals surface area contributed by atoms with Gasteiger partial charge < -0.3 is 15.0 Å². The van der Waals surface area contributed by atoms with E-state index in [1.807, 2.05) is 6.07 Å². The molecule has 2 unspecified atom stereocenters. The van der Waals surface area contributed by atoms with Gasteiger partial charge in [-0.3, -0.25) is 0 Å². The van der Waals surface area contributed by atoms with Gasteiger partial charge in [-0.25, -0.2) is 0 Å². The molecule has 116 valence electrons. The molecule has 21 heavy (non-hydrogen) atoms. The van der Waals surface area contributed by atoms with E-state index in [1.165, 1.54) is 25.0 Å². The largest absolute Gasteiger partial charge is 0.573 e. The maximum absolute atomic E-state index is 12.3. The summed E-state index contributed by atoms with van der Waals surface area (Å²) in [6, 6.07) is 6.95. The highest BCUT2D eigenvalue weighted by atomic mass is 19.4. The first-order valence-electron chi connectivity index (χ1n) is 7.28. The van der Waals surface area contributed by atoms with E-state index in [9.17, 15) is 13.2 Å². The predicted octanol–water partition coefficient (Wildman–Crippen LogP) is 3.16. The van der Waals surface area contributed by atoms with Crippen molar-refractivity contribution in [2.24, 2.45) is 5.92 Å². The number of rotatable bonds is 3. The highest BCUT2D eigenvalue weighted by molar-refractivity contribution is 5.52. The van der Waals surface area contributed by atoms with Gasteiger partial charge >= 0.3 is 6.36 Å². The van der Waals surface area contributed by atoms with Crippen molar-refractivity contribution >= 4 is 5.69 Å². The highest BCUT2D eigenvalue weighted by Gasteiger charge is 2.36. The van der Waals surface area contributed by atoms with Gasteiger partial charge in [0.25, 0.3) is 0 Å². The van der Waals surface area contributed by atoms with Gasteiger partial charge in [0.15, 0.2) is 0 Å². The molecule has 3 rings (SSSR count). The molecule has 1 aromatic carbocycles. The Morgan fingerprint density at radius 1 is 1.29 bits per heavy atom. The summed E-state index contributed by atoms with van der Waals surface area (Å²) >= 11 is 0. The van der Waals surface area contributed by atoms with Crippen LogP contribution in [0.3, 0.4) is 0 Å². The predicted molar refractivity (Wildman–Crippen MR) is 74.4 cm³/mol. The second-order valence-electron chi connectivity index (χ2n) is 5.90. The second-order valence-corrected chi connectivity index (χ2v) is 5.90. The summed E-state index contributed by atoms with van der Waals surface area (Å²) in [7, 11) is 0. The lowest BCUT2D eigenvalue weighted by Gasteiger charge is -2.40. The minimum atomic E-state index is -4.65. The molecule has 1 saturated heterocycles. The number of piperazine rings is 1. The van der Waals surface area contributed by atoms with E-state index in [4.69, 9.17) is 0 Å². The number of halogens is 3. The van der Waals surface area contributed by atoms with Crippen molar-refractivity contribution in [1.82, 2.24) is 5.32 Å². The van der Waals surface area contributed by atoms with Crippen LogP contribution in [0.5, 0.6) is 5.75 Å². The zero-order valence-electron chi connectivity index (χ0n) is 11.9. The van der Waals surface area contributed by atoms with Crippen LogP contribution in [0.2, 0.25) is 0 Å². The number of nitrogens with zero attached hydrogens (tertiary/aromatic N) is 1. The molecule has 1 N–H and O–H groups in total. The molecule has 2 aliphatic rings. The van der Waals surface area contributed by atoms with E-state index < -0.39 is 6.36 Å². The Hall–Kier alpha value is -1.43. The summed E-state index contributed by atoms with van der Waals surface area (Å²) in [5, 5.41) is 3.53. The molecule has 0 aromatic heterocycles. The fourth-order valence-corrected chi connectivity index (χ4v) is 2.92. The lowest BCUT2D eigenvalue weighted by Crippen LogP contribution is -2.56. The van der Waals surface area contributed by atoms with Gasteiger partial charge in [0.1, 0.15) is 5.75 Å². The van der Waals surface area contributed by atoms with Crippen molar-refractivity contribution in [2.75, 3.05) is 18.0 Å². The van der Waals surface area contributed by atoms with Gasteiger partial charge in [0.2, 0.25) is 0 Å². The lowest BCUT2D eigenvalue weighted by atomic mass is 10.1. The van der Waals surface area contributed by atoms with Gasteiger partial charge in [-0.2, -0.15) is 0 Å². The zero-order chi connectivity index (χ0) is 15.0. The Morgan fingerprint density at radius 3 is 2.71 bits per heavy atom. The van der Waals surface area contributed by atoms with Crippen molar-refractivity contribution in [3.63, 3.8) is 0 Å². The molecule has 2 fully saturated rings. The van der Waals surface area contributed by atoms with E-state index >= 15 is 0 Å². The van der Waals surface area contributed by atoms with Crippen molar-refractivity contribution in [3.8, 4) is 5.75 Å². The molecule has 1 aliphatic heterocycles. The van der Waals surface area contributed by atoms with Crippen molar-refractivity contribution in [2.45, 2.75) is 38.2 Å². The van der Waals surface area contributed by atoms with Crippen LogP contribution in [-0.4, -0.2) is 31.5 Å². The van der Waals surface area contributed by atoms with Crippen LogP contribution in [-0.2, 0) is 0 Å². The molecule has 6 heteroatoms. The number of benzene rings is 1. The van der Waals surface area contributed by atoms with Crippen LogP contribution >= 0.6 is 0 Å². The number of anilines is 1. The summed E-state index contributed by atoms with van der Waals surface area (Å²) in [4.78, 5) is 2.17. The van der Waals surface area contributed by atoms with Gasteiger partial charge in [-0.05, 0) is 37.8 Å². The molecule has 1 saturated carbocycles. The Balaban J connectivity index is 1.76. The monoisotopic (exact) mass is 300 g/mol. The number of alkyl halides is 3. The van der Waals surface area contributed by atoms with E-state index in [-0.39, 0.29) is 11.8 Å². The molecular weight excluding hydrogens is 281 g/mol. The maximum Gasteiger partial charge on any atom is 0.573 e. The van der Waals surface area contributed by atoms with E-state index in [1.54, 1.807) is 6.07 Å². The molecular formula is C15H19F3N2O. The highest BCUT2D eigenvalue weighted by Crippen LogP contribution is 2.36. The van der Waals surface area contributed by atoms with Crippen molar-refractivity contribution < 1.29 is 17.9 Å². The van der Waals surface area contributed by atoms with Gasteiger partial charge in [-0.1, -0.05) is 6.07 Å². The summed E-state index contributed by atoms with van der Waals surface area (Å²) in [6.45, 7) is 3.76. The molecule has 1 aliphatic carbocycles. The molecule has 3 nitrogen and oxygen atoms in total. The van der Waals surface area contributed by atoms with Gasteiger partial charge in [0.05, 0.1) is 0 Å². The molecule has 1 heterocycles. The minimum Gasteiger partial charge on any atom is -0.406 e. The summed E-state index contributed by atoms with van der Waals surface area (Å²) in [6.07, 6.45) is -2.15. The Labute approximate surface area is 122 Å². The first-order chi connectivity index (χ1) is 9.92. The third kappa shape index (κ3) is 3.61. The van der Waals surface area contributed by atoms with Crippen LogP contribution in [0.4, 0.5) is 18.9 Å². The molecule has 0 bridgehead atoms. The van der Waals surface area contributed by atoms with E-state index in [2.05, 4.69) is 21.9 Å². The third-order valence-corrected chi connectivity index (χ3v) is 4.17. The van der Waals surface area contributed by atoms with Crippen LogP contribution in [0.25, 0.3) is 0 Å². The smallest absolute Gasteiger partial charge is 0.406 e. The maximum atomic E-state index is 12.3. The van der Waals surface area contributed by atoms with E-state index in [0.717, 1.165) is 24.7 Å². The average molecular weight is 300 g/mol. The second kappa shape index (κ2) is 5.40. The molecule has 1 aromatic rings. The summed E-state index contributed by atoms with van der Waals surface area (Å²) in [5.41, 5.74) is 0.788. The zero-order valence-corrected chi connectivity index (χ0v) is 11.9. The SMILES string of the molecule is CC1CNC(C2CC2)CN1c1cccc(OC(F)(F)F)c1. The fourth-order valence-electron chi connectivity index (χ4n) is 2.92. The van der Waals surface area contributed by atoms with Crippen LogP contribution in [0.15, 0.2) is 24.3 Å². The summed E-state index contributed by atoms with van der Waals surface area (Å²) in [5.74, 6) is 0.559. The van der Waals surface area contributed by atoms with Crippen molar-refractivity contribution in [3.05, 3.63) is 24.3 Å². The van der Waals surface area contributed by atoms with Gasteiger partial charge in [0, 0.05) is 36.9 Å². The quantitative estimate of drug-likeness (QED) is 0.928. The number of hydrogen-bond donors (Lipinski definition) is 1. The first kappa shape index (κ1) is 14.5. The molecule has 0 amide bonds. The number of ether oxygens (including phenoxy) is 1. The van der Waals surface area contributed by atoms with Crippen LogP contribution in [0, 0.1) is 5.92 Å². The standard InChI is InChI=1S/C15H19F3N2O/c1-10-8-19-14(11-5-6-11)9-20(10)12-3-2-4-13(7-12)21-15(16,17)18/h2-4,7,10-11,14,19H,5-6,8-9H2,1H3. The lowest BCUT2D eigenvalue weighted by molar-refractivity contribution is -0.274. The molecule has 2 atom stereocenters. The third-order valence-electron chi connectivity index (χ3n) is 4.17. The Bertz CT molecular complexity index is 502. The van der Waals surface area contributed by atoms with E-state index in [0.29, 0.717) is 6.04 Å². The van der Waals surface area contributed by atoms with Gasteiger partial charge in [-0.15, -0.1) is 13.2 Å². The van der Waals surface area contributed by atoms with Crippen LogP contribution < -0.4 is 15.0 Å². The van der Waals surface area contributed by atoms with Crippen molar-refractivity contribution in [1.29, 1.82) is 0 Å². The number of nitrogens with one attached hydrogen (secondary N) is 1. The first-order valence-corrected chi connectivity index (χ1v) is 7.28. The average Bonchev–Trinajstić information content (AvgIpc) is 3.22. The van der Waals surface area contributed by atoms with Crippen LogP contribution in [0.1, 0.15) is 19.8 Å². The Morgan fingerprint density at radius 2 is 2.05 bits per heavy atom.